The summed E-state index contributed by atoms with van der Waals surface area (Å²) in [7, 11) is 0. The van der Waals surface area contributed by atoms with Gasteiger partial charge in [0.15, 0.2) is 0 Å². The number of hydrogen-bond acceptors (Lipinski definition) is 4. The maximum Gasteiger partial charge on any atom is 0.127 e. The molecular formula is C24H17BrClFNO3-. The molecule has 0 saturated heterocycles. The van der Waals surface area contributed by atoms with Crippen LogP contribution in [0.15, 0.2) is 59.1 Å². The van der Waals surface area contributed by atoms with Crippen LogP contribution in [0.2, 0.25) is 5.02 Å². The lowest BCUT2D eigenvalue weighted by Crippen LogP contribution is -2.24. The van der Waals surface area contributed by atoms with Gasteiger partial charge in [-0.05, 0) is 78.4 Å². The second-order valence-electron chi connectivity index (χ2n) is 7.18. The van der Waals surface area contributed by atoms with Crippen LogP contribution in [0.1, 0.15) is 46.6 Å². The van der Waals surface area contributed by atoms with Gasteiger partial charge in [0.2, 0.25) is 0 Å². The van der Waals surface area contributed by atoms with E-state index in [-0.39, 0.29) is 16.5 Å². The zero-order valence-corrected chi connectivity index (χ0v) is 18.7. The Morgan fingerprint density at radius 3 is 2.58 bits per heavy atom. The highest BCUT2D eigenvalue weighted by atomic mass is 79.9. The first-order chi connectivity index (χ1) is 14.9. The van der Waals surface area contributed by atoms with E-state index in [1.165, 1.54) is 18.2 Å². The third-order valence-electron chi connectivity index (χ3n) is 5.14. The van der Waals surface area contributed by atoms with Crippen LogP contribution in [-0.2, 0) is 6.61 Å². The first kappa shape index (κ1) is 21.5. The molecule has 1 aromatic heterocycles. The maximum atomic E-state index is 13.2. The number of nitrogens with zero attached hydrogens (tertiary/aromatic N) is 1. The fourth-order valence-corrected chi connectivity index (χ4v) is 4.23. The molecule has 0 radical (unpaired) electrons. The normalized spacial score (nSPS) is 13.5. The Labute approximate surface area is 192 Å². The molecule has 7 heteroatoms. The van der Waals surface area contributed by atoms with E-state index in [2.05, 4.69) is 20.9 Å². The van der Waals surface area contributed by atoms with Crippen molar-refractivity contribution in [2.45, 2.75) is 25.9 Å². The van der Waals surface area contributed by atoms with Crippen LogP contribution in [-0.4, -0.2) is 11.0 Å². The summed E-state index contributed by atoms with van der Waals surface area (Å²) >= 11 is 9.48. The molecule has 0 amide bonds. The number of ether oxygens (including phenoxy) is 1. The fraction of sp³-hybridized carbons (Fsp3) is 0.167. The first-order valence-electron chi connectivity index (χ1n) is 9.70. The summed E-state index contributed by atoms with van der Waals surface area (Å²) in [4.78, 5) is 15.6. The van der Waals surface area contributed by atoms with Gasteiger partial charge in [-0.3, -0.25) is 0 Å². The molecule has 0 unspecified atom stereocenters. The lowest BCUT2D eigenvalue weighted by Gasteiger charge is -2.15. The molecular weight excluding hydrogens is 485 g/mol. The Balaban J connectivity index is 1.72. The standard InChI is InChI=1S/C24H18BrClFNO3/c25-15-6-11-22(31-13-14-4-7-16(27)8-5-14)19(12-15)17-2-1-3-18(17)21-10-9-20(26)23(28-21)24(29)30/h4-12H,1-3,13H2,(H,29,30)/p-1. The largest absolute Gasteiger partial charge is 0.543 e. The molecule has 0 aliphatic heterocycles. The fourth-order valence-electron chi connectivity index (χ4n) is 3.68. The number of pyridine rings is 1. The van der Waals surface area contributed by atoms with Crippen LogP contribution >= 0.6 is 27.5 Å². The minimum Gasteiger partial charge on any atom is -0.543 e. The van der Waals surface area contributed by atoms with Crippen LogP contribution < -0.4 is 9.84 Å². The van der Waals surface area contributed by atoms with E-state index in [9.17, 15) is 14.3 Å². The second-order valence-corrected chi connectivity index (χ2v) is 8.50. The number of aromatic carboxylic acids is 1. The number of hydrogen-bond donors (Lipinski definition) is 0. The Morgan fingerprint density at radius 2 is 1.84 bits per heavy atom. The lowest BCUT2D eigenvalue weighted by atomic mass is 9.99. The average molecular weight is 502 g/mol. The van der Waals surface area contributed by atoms with Crippen molar-refractivity contribution >= 4 is 44.6 Å². The number of carboxylic acid groups (broad SMARTS) is 1. The highest BCUT2D eigenvalue weighted by Gasteiger charge is 2.22. The van der Waals surface area contributed by atoms with Crippen molar-refractivity contribution in [1.29, 1.82) is 0 Å². The van der Waals surface area contributed by atoms with Crippen LogP contribution in [0.4, 0.5) is 4.39 Å². The summed E-state index contributed by atoms with van der Waals surface area (Å²) in [5, 5.41) is 11.4. The summed E-state index contributed by atoms with van der Waals surface area (Å²) in [5.41, 5.74) is 4.09. The van der Waals surface area contributed by atoms with Gasteiger partial charge in [-0.1, -0.05) is 39.7 Å². The number of aromatic nitrogens is 1. The SMILES string of the molecule is O=C([O-])c1nc(C2=C(c3cc(Br)ccc3OCc3ccc(F)cc3)CCC2)ccc1Cl. The Hall–Kier alpha value is -2.70. The summed E-state index contributed by atoms with van der Waals surface area (Å²) in [5.74, 6) is -1.01. The van der Waals surface area contributed by atoms with Gasteiger partial charge >= 0.3 is 0 Å². The average Bonchev–Trinajstić information content (AvgIpc) is 3.24. The third kappa shape index (κ3) is 4.81. The van der Waals surface area contributed by atoms with Crippen molar-refractivity contribution in [2.24, 2.45) is 0 Å². The first-order valence-corrected chi connectivity index (χ1v) is 10.9. The monoisotopic (exact) mass is 500 g/mol. The van der Waals surface area contributed by atoms with Crippen LogP contribution in [0.3, 0.4) is 0 Å². The van der Waals surface area contributed by atoms with E-state index >= 15 is 0 Å². The van der Waals surface area contributed by atoms with Crippen LogP contribution in [0, 0.1) is 5.82 Å². The van der Waals surface area contributed by atoms with E-state index in [0.29, 0.717) is 18.1 Å². The van der Waals surface area contributed by atoms with Crippen LogP contribution in [0.5, 0.6) is 5.75 Å². The molecule has 0 N–H and O–H groups in total. The molecule has 0 bridgehead atoms. The highest BCUT2D eigenvalue weighted by Crippen LogP contribution is 2.43. The highest BCUT2D eigenvalue weighted by molar-refractivity contribution is 9.10. The van der Waals surface area contributed by atoms with Crippen molar-refractivity contribution in [1.82, 2.24) is 4.98 Å². The number of carboxylic acids is 1. The van der Waals surface area contributed by atoms with E-state index < -0.39 is 5.97 Å². The molecule has 1 aliphatic carbocycles. The molecule has 0 atom stereocenters. The molecule has 0 saturated carbocycles. The summed E-state index contributed by atoms with van der Waals surface area (Å²) in [6.07, 6.45) is 2.49. The molecule has 3 aromatic rings. The van der Waals surface area contributed by atoms with E-state index in [1.807, 2.05) is 18.2 Å². The van der Waals surface area contributed by atoms with Gasteiger partial charge < -0.3 is 14.6 Å². The molecule has 1 heterocycles. The van der Waals surface area contributed by atoms with Gasteiger partial charge in [0.05, 0.1) is 16.7 Å². The molecule has 31 heavy (non-hydrogen) atoms. The minimum atomic E-state index is -1.40. The molecule has 158 valence electrons. The number of allylic oxidation sites excluding steroid dienone is 2. The smallest absolute Gasteiger partial charge is 0.127 e. The summed E-state index contributed by atoms with van der Waals surface area (Å²) in [6, 6.07) is 15.2. The molecule has 4 nitrogen and oxygen atoms in total. The predicted octanol–water partition coefficient (Wildman–Crippen LogP) is 5.67. The minimum absolute atomic E-state index is 0.0506. The number of halogens is 3. The van der Waals surface area contributed by atoms with Gasteiger partial charge in [-0.2, -0.15) is 0 Å². The van der Waals surface area contributed by atoms with Crippen molar-refractivity contribution in [2.75, 3.05) is 0 Å². The predicted molar refractivity (Wildman–Crippen MR) is 119 cm³/mol. The molecule has 2 aromatic carbocycles. The lowest BCUT2D eigenvalue weighted by molar-refractivity contribution is -0.255. The van der Waals surface area contributed by atoms with Gasteiger partial charge in [-0.25, -0.2) is 9.37 Å². The van der Waals surface area contributed by atoms with Crippen molar-refractivity contribution < 1.29 is 19.0 Å². The van der Waals surface area contributed by atoms with Crippen molar-refractivity contribution in [3.8, 4) is 5.75 Å². The number of benzene rings is 2. The van der Waals surface area contributed by atoms with Crippen molar-refractivity contribution in [3.63, 3.8) is 0 Å². The number of carbonyl (C=O) groups is 1. The zero-order chi connectivity index (χ0) is 22.0. The Morgan fingerprint density at radius 1 is 1.10 bits per heavy atom. The van der Waals surface area contributed by atoms with Crippen LogP contribution in [0.25, 0.3) is 11.1 Å². The Bertz CT molecular complexity index is 1180. The molecule has 0 fully saturated rings. The summed E-state index contributed by atoms with van der Waals surface area (Å²) < 4.78 is 20.1. The van der Waals surface area contributed by atoms with Crippen molar-refractivity contribution in [3.05, 3.63) is 92.4 Å². The van der Waals surface area contributed by atoms with Gasteiger partial charge in [0.1, 0.15) is 23.9 Å². The van der Waals surface area contributed by atoms with Gasteiger partial charge in [0.25, 0.3) is 0 Å². The summed E-state index contributed by atoms with van der Waals surface area (Å²) in [6.45, 7) is 0.297. The van der Waals surface area contributed by atoms with E-state index in [1.54, 1.807) is 18.2 Å². The number of carbonyl (C=O) groups excluding carboxylic acids is 1. The third-order valence-corrected chi connectivity index (χ3v) is 5.94. The maximum absolute atomic E-state index is 13.2. The Kier molecular flexibility index (Phi) is 6.39. The van der Waals surface area contributed by atoms with E-state index in [0.717, 1.165) is 46.0 Å². The topological polar surface area (TPSA) is 62.2 Å². The quantitative estimate of drug-likeness (QED) is 0.436. The molecule has 1 aliphatic rings. The van der Waals surface area contributed by atoms with Gasteiger partial charge in [0, 0.05) is 10.0 Å². The van der Waals surface area contributed by atoms with E-state index in [4.69, 9.17) is 16.3 Å². The molecule has 4 rings (SSSR count). The number of rotatable bonds is 6. The van der Waals surface area contributed by atoms with Gasteiger partial charge in [-0.15, -0.1) is 0 Å². The zero-order valence-electron chi connectivity index (χ0n) is 16.3. The molecule has 0 spiro atoms. The second kappa shape index (κ2) is 9.20.